The van der Waals surface area contributed by atoms with Crippen LogP contribution in [-0.2, 0) is 6.54 Å². The Bertz CT molecular complexity index is 318. The van der Waals surface area contributed by atoms with Crippen LogP contribution < -0.4 is 5.73 Å². The summed E-state index contributed by atoms with van der Waals surface area (Å²) in [5.74, 6) is 0. The maximum Gasteiger partial charge on any atom is 0.0627 e. The first-order valence-corrected chi connectivity index (χ1v) is 5.84. The number of rotatable bonds is 3. The number of benzene rings is 1. The highest BCUT2D eigenvalue weighted by molar-refractivity contribution is 5.14. The minimum Gasteiger partial charge on any atom is -0.394 e. The van der Waals surface area contributed by atoms with Gasteiger partial charge >= 0.3 is 0 Å². The Morgan fingerprint density at radius 3 is 2.38 bits per heavy atom. The van der Waals surface area contributed by atoms with E-state index in [-0.39, 0.29) is 6.61 Å². The number of piperidine rings is 1. The van der Waals surface area contributed by atoms with Crippen molar-refractivity contribution < 1.29 is 5.11 Å². The first-order chi connectivity index (χ1) is 7.72. The Kier molecular flexibility index (Phi) is 3.59. The zero-order valence-corrected chi connectivity index (χ0v) is 9.52. The van der Waals surface area contributed by atoms with Crippen LogP contribution in [0.25, 0.3) is 0 Å². The molecule has 1 aromatic carbocycles. The highest BCUT2D eigenvalue weighted by atomic mass is 16.3. The monoisotopic (exact) mass is 219 g/mol. The molecular weight excluding hydrogens is 200 g/mol. The highest BCUT2D eigenvalue weighted by Crippen LogP contribution is 2.21. The topological polar surface area (TPSA) is 47.3 Å². The minimum atomic E-state index is -0.590. The second kappa shape index (κ2) is 4.95. The van der Waals surface area contributed by atoms with E-state index in [1.54, 1.807) is 0 Å². The molecule has 1 aromatic rings. The van der Waals surface area contributed by atoms with Crippen molar-refractivity contribution in [2.75, 3.05) is 19.7 Å². The van der Waals surface area contributed by atoms with Gasteiger partial charge in [-0.25, -0.2) is 5.73 Å². The van der Waals surface area contributed by atoms with Gasteiger partial charge in [0, 0.05) is 19.6 Å². The molecule has 0 unspecified atom stereocenters. The van der Waals surface area contributed by atoms with Gasteiger partial charge in [-0.2, -0.15) is 0 Å². The number of hydrogen-bond acceptors (Lipinski definition) is 2. The van der Waals surface area contributed by atoms with Crippen LogP contribution in [0, 0.1) is 0 Å². The van der Waals surface area contributed by atoms with Gasteiger partial charge in [-0.1, -0.05) is 30.3 Å². The second-order valence-electron chi connectivity index (χ2n) is 4.70. The van der Waals surface area contributed by atoms with Gasteiger partial charge in [-0.05, 0) is 18.4 Å². The fourth-order valence-electron chi connectivity index (χ4n) is 2.14. The van der Waals surface area contributed by atoms with Crippen molar-refractivity contribution in [2.45, 2.75) is 24.9 Å². The van der Waals surface area contributed by atoms with Crippen molar-refractivity contribution in [3.8, 4) is 0 Å². The van der Waals surface area contributed by atoms with Crippen molar-refractivity contribution in [3.63, 3.8) is 0 Å². The van der Waals surface area contributed by atoms with Gasteiger partial charge in [0.2, 0.25) is 0 Å². The molecule has 3 nitrogen and oxygen atoms in total. The first-order valence-electron chi connectivity index (χ1n) is 5.84. The Morgan fingerprint density at radius 1 is 1.19 bits per heavy atom. The summed E-state index contributed by atoms with van der Waals surface area (Å²) in [5, 5.41) is 9.12. The lowest BCUT2D eigenvalue weighted by atomic mass is 9.89. The van der Waals surface area contributed by atoms with Gasteiger partial charge in [0.25, 0.3) is 0 Å². The number of nitrogens with zero attached hydrogens (tertiary/aromatic N) is 1. The van der Waals surface area contributed by atoms with Crippen LogP contribution >= 0.6 is 0 Å². The third-order valence-corrected chi connectivity index (χ3v) is 3.36. The Hall–Kier alpha value is -0.900. The Balaban J connectivity index is 1.86. The van der Waals surface area contributed by atoms with Crippen LogP contribution in [0.15, 0.2) is 30.3 Å². The summed E-state index contributed by atoms with van der Waals surface area (Å²) in [7, 11) is 0. The Labute approximate surface area is 96.9 Å². The third kappa shape index (κ3) is 2.82. The first kappa shape index (κ1) is 11.6. The SMILES string of the molecule is [NH]C1(CO)CCN(Cc2ccccc2)CC1. The fourth-order valence-corrected chi connectivity index (χ4v) is 2.14. The lowest BCUT2D eigenvalue weighted by molar-refractivity contribution is 0.0975. The standard InChI is InChI=1S/C13H19N2O/c14-13(11-16)6-8-15(9-7-13)10-12-4-2-1-3-5-12/h1-5,14,16H,6-11H2. The number of aliphatic hydroxyl groups excluding tert-OH is 1. The molecule has 1 radical (unpaired) electrons. The molecule has 87 valence electrons. The highest BCUT2D eigenvalue weighted by Gasteiger charge is 2.30. The van der Waals surface area contributed by atoms with E-state index in [2.05, 4.69) is 29.2 Å². The molecule has 1 aliphatic rings. The average molecular weight is 219 g/mol. The summed E-state index contributed by atoms with van der Waals surface area (Å²) in [5.41, 5.74) is 8.70. The molecular formula is C13H19N2O. The molecule has 0 amide bonds. The smallest absolute Gasteiger partial charge is 0.0627 e. The van der Waals surface area contributed by atoms with Gasteiger partial charge < -0.3 is 5.11 Å². The van der Waals surface area contributed by atoms with Crippen molar-refractivity contribution in [1.29, 1.82) is 0 Å². The number of hydrogen-bond donors (Lipinski definition) is 1. The molecule has 0 aliphatic carbocycles. The molecule has 1 heterocycles. The number of nitrogens with one attached hydrogen (secondary N) is 1. The van der Waals surface area contributed by atoms with E-state index < -0.39 is 5.54 Å². The molecule has 3 heteroatoms. The zero-order valence-electron chi connectivity index (χ0n) is 9.52. The molecule has 2 N–H and O–H groups in total. The molecule has 1 fully saturated rings. The predicted octanol–water partition coefficient (Wildman–Crippen LogP) is 1.30. The molecule has 1 saturated heterocycles. The van der Waals surface area contributed by atoms with Gasteiger partial charge in [0.15, 0.2) is 0 Å². The third-order valence-electron chi connectivity index (χ3n) is 3.36. The van der Waals surface area contributed by atoms with Gasteiger partial charge in [-0.15, -0.1) is 0 Å². The molecule has 1 aliphatic heterocycles. The van der Waals surface area contributed by atoms with Crippen LogP contribution in [0.2, 0.25) is 0 Å². The van der Waals surface area contributed by atoms with Crippen LogP contribution in [-0.4, -0.2) is 35.2 Å². The predicted molar refractivity (Wildman–Crippen MR) is 63.9 cm³/mol. The van der Waals surface area contributed by atoms with E-state index in [0.717, 1.165) is 32.5 Å². The average Bonchev–Trinajstić information content (AvgIpc) is 2.34. The molecule has 0 spiro atoms. The van der Waals surface area contributed by atoms with E-state index in [1.165, 1.54) is 5.56 Å². The number of likely N-dealkylation sites (tertiary alicyclic amines) is 1. The largest absolute Gasteiger partial charge is 0.394 e. The summed E-state index contributed by atoms with van der Waals surface area (Å²) >= 11 is 0. The summed E-state index contributed by atoms with van der Waals surface area (Å²) in [4.78, 5) is 2.36. The maximum atomic E-state index is 9.12. The molecule has 0 bridgehead atoms. The molecule has 0 aromatic heterocycles. The van der Waals surface area contributed by atoms with E-state index in [9.17, 15) is 0 Å². The minimum absolute atomic E-state index is 0.00776. The zero-order chi connectivity index (χ0) is 11.4. The van der Waals surface area contributed by atoms with Crippen molar-refractivity contribution in [1.82, 2.24) is 10.6 Å². The summed E-state index contributed by atoms with van der Waals surface area (Å²) < 4.78 is 0. The van der Waals surface area contributed by atoms with Gasteiger partial charge in [-0.3, -0.25) is 4.90 Å². The summed E-state index contributed by atoms with van der Waals surface area (Å²) in [6.45, 7) is 2.78. The van der Waals surface area contributed by atoms with Crippen LogP contribution in [0.5, 0.6) is 0 Å². The van der Waals surface area contributed by atoms with Crippen molar-refractivity contribution >= 4 is 0 Å². The van der Waals surface area contributed by atoms with E-state index in [4.69, 9.17) is 10.8 Å². The van der Waals surface area contributed by atoms with Gasteiger partial charge in [0.1, 0.15) is 0 Å². The molecule has 2 rings (SSSR count). The molecule has 0 saturated carbocycles. The summed E-state index contributed by atoms with van der Waals surface area (Å²) in [6, 6.07) is 10.4. The van der Waals surface area contributed by atoms with E-state index in [0.29, 0.717) is 0 Å². The molecule has 0 atom stereocenters. The van der Waals surface area contributed by atoms with E-state index >= 15 is 0 Å². The van der Waals surface area contributed by atoms with Crippen LogP contribution in [0.1, 0.15) is 18.4 Å². The van der Waals surface area contributed by atoms with Crippen LogP contribution in [0.3, 0.4) is 0 Å². The summed E-state index contributed by atoms with van der Waals surface area (Å²) in [6.07, 6.45) is 1.55. The Morgan fingerprint density at radius 2 is 1.81 bits per heavy atom. The normalized spacial score (nSPS) is 20.9. The second-order valence-corrected chi connectivity index (χ2v) is 4.70. The number of aliphatic hydroxyl groups is 1. The van der Waals surface area contributed by atoms with Gasteiger partial charge in [0.05, 0.1) is 12.1 Å². The molecule has 16 heavy (non-hydrogen) atoms. The lowest BCUT2D eigenvalue weighted by Crippen LogP contribution is -2.47. The quantitative estimate of drug-likeness (QED) is 0.833. The maximum absolute atomic E-state index is 9.12. The fraction of sp³-hybridized carbons (Fsp3) is 0.538. The van der Waals surface area contributed by atoms with Crippen molar-refractivity contribution in [2.24, 2.45) is 0 Å². The lowest BCUT2D eigenvalue weighted by Gasteiger charge is -2.37. The van der Waals surface area contributed by atoms with E-state index in [1.807, 2.05) is 6.07 Å². The van der Waals surface area contributed by atoms with Crippen LogP contribution in [0.4, 0.5) is 0 Å². The van der Waals surface area contributed by atoms with Crippen molar-refractivity contribution in [3.05, 3.63) is 35.9 Å².